The van der Waals surface area contributed by atoms with Crippen molar-refractivity contribution in [3.8, 4) is 5.75 Å². The van der Waals surface area contributed by atoms with Crippen LogP contribution in [-0.4, -0.2) is 62.6 Å². The molecule has 1 aromatic heterocycles. The van der Waals surface area contributed by atoms with Crippen LogP contribution in [0.2, 0.25) is 4.34 Å². The van der Waals surface area contributed by atoms with E-state index >= 15 is 0 Å². The number of benzene rings is 1. The van der Waals surface area contributed by atoms with Crippen LogP contribution in [0, 0.1) is 5.92 Å². The lowest BCUT2D eigenvalue weighted by Gasteiger charge is -2.28. The highest BCUT2D eigenvalue weighted by Gasteiger charge is 2.33. The van der Waals surface area contributed by atoms with Gasteiger partial charge in [-0.05, 0) is 37.1 Å². The molecule has 10 nitrogen and oxygen atoms in total. The van der Waals surface area contributed by atoms with E-state index < -0.39 is 30.4 Å². The summed E-state index contributed by atoms with van der Waals surface area (Å²) in [5.74, 6) is -2.41. The van der Waals surface area contributed by atoms with E-state index in [2.05, 4.69) is 20.7 Å². The molecule has 0 radical (unpaired) electrons. The molecule has 1 saturated heterocycles. The number of alkyl halides is 2. The molecule has 1 aliphatic heterocycles. The van der Waals surface area contributed by atoms with Gasteiger partial charge >= 0.3 is 6.61 Å². The lowest BCUT2D eigenvalue weighted by atomic mass is 10.2. The summed E-state index contributed by atoms with van der Waals surface area (Å²) in [6.45, 7) is -3.22. The minimum Gasteiger partial charge on any atom is -0.433 e. The van der Waals surface area contributed by atoms with Crippen molar-refractivity contribution < 1.29 is 37.4 Å². The average molecular weight is 557 g/mol. The van der Waals surface area contributed by atoms with E-state index in [0.717, 1.165) is 17.4 Å². The molecule has 14 heteroatoms. The maximum absolute atomic E-state index is 13.1. The summed E-state index contributed by atoms with van der Waals surface area (Å²) in [6, 6.07) is 5.90. The summed E-state index contributed by atoms with van der Waals surface area (Å²) in [4.78, 5) is 51.6. The molecule has 0 unspecified atom stereocenters. The zero-order chi connectivity index (χ0) is 26.5. The lowest BCUT2D eigenvalue weighted by Crippen LogP contribution is -2.51. The third kappa shape index (κ3) is 7.14. The van der Waals surface area contributed by atoms with E-state index in [0.29, 0.717) is 22.1 Å². The monoisotopic (exact) mass is 556 g/mol. The third-order valence-corrected chi connectivity index (χ3v) is 6.79. The number of amides is 4. The molecule has 2 fully saturated rings. The van der Waals surface area contributed by atoms with Gasteiger partial charge in [0.05, 0.1) is 21.5 Å². The standard InChI is InChI=1S/C23H23ClF2N4O6S/c24-18-6-5-17(37-18)22(34)27-10-14(29-20(32)12-1-2-12)21(33)28-13-3-4-15(16(9-13)36-23(25)26)30-7-8-35-11-19(30)31/h3-6,9,12,14,23H,1-2,7-8,10-11H2,(H,27,34)(H,28,33)(H,29,32)/t14-/m1/s1. The quantitative estimate of drug-likeness (QED) is 0.413. The summed E-state index contributed by atoms with van der Waals surface area (Å²) in [7, 11) is 0. The lowest BCUT2D eigenvalue weighted by molar-refractivity contribution is -0.127. The molecule has 1 atom stereocenters. The van der Waals surface area contributed by atoms with Crippen molar-refractivity contribution in [2.75, 3.05) is 36.5 Å². The maximum Gasteiger partial charge on any atom is 0.387 e. The average Bonchev–Trinajstić information content (AvgIpc) is 3.62. The number of nitrogens with one attached hydrogen (secondary N) is 3. The third-order valence-electron chi connectivity index (χ3n) is 5.56. The number of anilines is 2. The predicted molar refractivity (Wildman–Crippen MR) is 131 cm³/mol. The Morgan fingerprint density at radius 1 is 1.22 bits per heavy atom. The van der Waals surface area contributed by atoms with E-state index in [1.54, 1.807) is 6.07 Å². The molecule has 1 aliphatic carbocycles. The van der Waals surface area contributed by atoms with Crippen LogP contribution in [0.4, 0.5) is 20.2 Å². The first-order valence-corrected chi connectivity index (χ1v) is 12.5. The molecule has 0 spiro atoms. The highest BCUT2D eigenvalue weighted by molar-refractivity contribution is 7.18. The van der Waals surface area contributed by atoms with Crippen LogP contribution in [0.15, 0.2) is 30.3 Å². The maximum atomic E-state index is 13.1. The molecular formula is C23H23ClF2N4O6S. The van der Waals surface area contributed by atoms with E-state index in [4.69, 9.17) is 16.3 Å². The number of ether oxygens (including phenoxy) is 2. The van der Waals surface area contributed by atoms with Gasteiger partial charge in [-0.3, -0.25) is 19.2 Å². The fraction of sp³-hybridized carbons (Fsp3) is 0.391. The van der Waals surface area contributed by atoms with Crippen molar-refractivity contribution in [1.82, 2.24) is 10.6 Å². The fourth-order valence-corrected chi connectivity index (χ4v) is 4.53. The highest BCUT2D eigenvalue weighted by atomic mass is 35.5. The van der Waals surface area contributed by atoms with Gasteiger partial charge in [-0.25, -0.2) is 0 Å². The molecule has 2 heterocycles. The highest BCUT2D eigenvalue weighted by Crippen LogP contribution is 2.34. The Morgan fingerprint density at radius 2 is 2.00 bits per heavy atom. The minimum absolute atomic E-state index is 0.0899. The Kier molecular flexibility index (Phi) is 8.56. The Labute approximate surface area is 219 Å². The van der Waals surface area contributed by atoms with Gasteiger partial charge in [0.15, 0.2) is 5.75 Å². The molecule has 37 heavy (non-hydrogen) atoms. The van der Waals surface area contributed by atoms with Gasteiger partial charge in [0.2, 0.25) is 11.8 Å². The van der Waals surface area contributed by atoms with Crippen molar-refractivity contribution in [1.29, 1.82) is 0 Å². The van der Waals surface area contributed by atoms with Crippen LogP contribution in [-0.2, 0) is 19.1 Å². The number of halogens is 3. The molecular weight excluding hydrogens is 534 g/mol. The summed E-state index contributed by atoms with van der Waals surface area (Å²) in [5.41, 5.74) is 0.194. The number of thiophene rings is 1. The zero-order valence-corrected chi connectivity index (χ0v) is 20.9. The van der Waals surface area contributed by atoms with Crippen LogP contribution in [0.25, 0.3) is 0 Å². The number of nitrogens with zero attached hydrogens (tertiary/aromatic N) is 1. The second-order valence-electron chi connectivity index (χ2n) is 8.30. The van der Waals surface area contributed by atoms with E-state index in [1.807, 2.05) is 0 Å². The van der Waals surface area contributed by atoms with Crippen molar-refractivity contribution >= 4 is 57.9 Å². The number of carbonyl (C=O) groups is 4. The summed E-state index contributed by atoms with van der Waals surface area (Å²) in [6.07, 6.45) is 1.41. The van der Waals surface area contributed by atoms with Crippen LogP contribution in [0.5, 0.6) is 5.75 Å². The molecule has 2 aliphatic rings. The van der Waals surface area contributed by atoms with Gasteiger partial charge < -0.3 is 30.3 Å². The molecule has 1 saturated carbocycles. The Bertz CT molecular complexity index is 1190. The fourth-order valence-electron chi connectivity index (χ4n) is 3.57. The van der Waals surface area contributed by atoms with Gasteiger partial charge in [-0.15, -0.1) is 11.3 Å². The Hall–Kier alpha value is -3.29. The Balaban J connectivity index is 1.49. The van der Waals surface area contributed by atoms with E-state index in [-0.39, 0.29) is 55.3 Å². The second-order valence-corrected chi connectivity index (χ2v) is 10.0. The van der Waals surface area contributed by atoms with Crippen LogP contribution in [0.1, 0.15) is 22.5 Å². The summed E-state index contributed by atoms with van der Waals surface area (Å²) in [5, 5.41) is 7.77. The smallest absolute Gasteiger partial charge is 0.387 e. The number of hydrogen-bond acceptors (Lipinski definition) is 7. The van der Waals surface area contributed by atoms with Crippen molar-refractivity contribution in [2.24, 2.45) is 5.92 Å². The molecule has 4 rings (SSSR count). The largest absolute Gasteiger partial charge is 0.433 e. The van der Waals surface area contributed by atoms with Gasteiger partial charge in [0.1, 0.15) is 12.6 Å². The number of morpholine rings is 1. The first-order valence-electron chi connectivity index (χ1n) is 11.3. The molecule has 1 aromatic carbocycles. The molecule has 3 N–H and O–H groups in total. The van der Waals surface area contributed by atoms with Gasteiger partial charge in [-0.2, -0.15) is 8.78 Å². The predicted octanol–water partition coefficient (Wildman–Crippen LogP) is 2.63. The van der Waals surface area contributed by atoms with Crippen LogP contribution < -0.4 is 25.6 Å². The zero-order valence-electron chi connectivity index (χ0n) is 19.3. The van der Waals surface area contributed by atoms with Gasteiger partial charge in [-0.1, -0.05) is 11.6 Å². The van der Waals surface area contributed by atoms with Crippen molar-refractivity contribution in [2.45, 2.75) is 25.5 Å². The van der Waals surface area contributed by atoms with Crippen molar-refractivity contribution in [3.63, 3.8) is 0 Å². The second kappa shape index (κ2) is 11.8. The normalized spacial score (nSPS) is 16.3. The summed E-state index contributed by atoms with van der Waals surface area (Å²) < 4.78 is 36.3. The summed E-state index contributed by atoms with van der Waals surface area (Å²) >= 11 is 6.93. The van der Waals surface area contributed by atoms with E-state index in [9.17, 15) is 28.0 Å². The number of carbonyl (C=O) groups excluding carboxylic acids is 4. The van der Waals surface area contributed by atoms with Crippen LogP contribution >= 0.6 is 22.9 Å². The van der Waals surface area contributed by atoms with Crippen molar-refractivity contribution in [3.05, 3.63) is 39.5 Å². The van der Waals surface area contributed by atoms with Gasteiger partial charge in [0, 0.05) is 30.8 Å². The molecule has 198 valence electrons. The van der Waals surface area contributed by atoms with E-state index in [1.165, 1.54) is 23.1 Å². The SMILES string of the molecule is O=C(NC[C@@H](NC(=O)C1CC1)C(=O)Nc1ccc(N2CCOCC2=O)c(OC(F)F)c1)c1ccc(Cl)s1. The molecule has 2 aromatic rings. The topological polar surface area (TPSA) is 126 Å². The molecule has 0 bridgehead atoms. The number of rotatable bonds is 10. The number of hydrogen-bond donors (Lipinski definition) is 3. The minimum atomic E-state index is -3.17. The first-order chi connectivity index (χ1) is 17.7. The van der Waals surface area contributed by atoms with Crippen LogP contribution in [0.3, 0.4) is 0 Å². The first kappa shape index (κ1) is 26.8. The molecule has 4 amide bonds. The Morgan fingerprint density at radius 3 is 2.65 bits per heavy atom. The van der Waals surface area contributed by atoms with Gasteiger partial charge in [0.25, 0.3) is 11.8 Å².